The van der Waals surface area contributed by atoms with E-state index in [0.717, 1.165) is 12.0 Å². The lowest BCUT2D eigenvalue weighted by molar-refractivity contribution is -0.104. The third kappa shape index (κ3) is 7.94. The number of methoxy groups -OCH3 is 2. The van der Waals surface area contributed by atoms with Gasteiger partial charge in [0.05, 0.1) is 13.2 Å². The number of carbonyl (C=O) groups excluding carboxylic acids is 1. The van der Waals surface area contributed by atoms with Gasteiger partial charge in [0, 0.05) is 26.6 Å². The van der Waals surface area contributed by atoms with Crippen LogP contribution in [0.4, 0.5) is 0 Å². The van der Waals surface area contributed by atoms with Gasteiger partial charge in [-0.25, -0.2) is 4.79 Å². The molecule has 0 saturated carbocycles. The molecule has 2 rings (SSSR count). The van der Waals surface area contributed by atoms with Crippen LogP contribution in [0.15, 0.2) is 30.4 Å². The zero-order valence-corrected chi connectivity index (χ0v) is 23.3. The first kappa shape index (κ1) is 28.6. The second-order valence-electron chi connectivity index (χ2n) is 10.7. The second-order valence-corrected chi connectivity index (χ2v) is 15.5. The predicted molar refractivity (Wildman–Crippen MR) is 138 cm³/mol. The van der Waals surface area contributed by atoms with Gasteiger partial charge in [0.25, 0.3) is 0 Å². The average molecular weight is 493 g/mol. The monoisotopic (exact) mass is 492 g/mol. The summed E-state index contributed by atoms with van der Waals surface area (Å²) in [4.78, 5) is 13.4. The fourth-order valence-electron chi connectivity index (χ4n) is 3.80. The molecule has 34 heavy (non-hydrogen) atoms. The summed E-state index contributed by atoms with van der Waals surface area (Å²) in [5.41, 5.74) is 1.39. The SMILES string of the molecule is COCO[C@@H]1C[C@H](CCO[Si](C)(C)C(C)(C)C)OC(=O)c2c(cccc2OC)C/C=C/C[C@@H]1C. The molecular weight excluding hydrogens is 448 g/mol. The van der Waals surface area contributed by atoms with Crippen LogP contribution in [0.1, 0.15) is 62.9 Å². The number of cyclic esters (lactones) is 1. The second kappa shape index (κ2) is 12.9. The average Bonchev–Trinajstić information content (AvgIpc) is 2.77. The molecular formula is C27H44O6Si. The first-order valence-electron chi connectivity index (χ1n) is 12.3. The van der Waals surface area contributed by atoms with Crippen molar-refractivity contribution in [3.05, 3.63) is 41.5 Å². The Kier molecular flexibility index (Phi) is 10.8. The summed E-state index contributed by atoms with van der Waals surface area (Å²) in [5, 5.41) is 0.118. The molecule has 1 aromatic rings. The smallest absolute Gasteiger partial charge is 0.342 e. The van der Waals surface area contributed by atoms with E-state index in [9.17, 15) is 4.79 Å². The largest absolute Gasteiger partial charge is 0.496 e. The molecule has 0 aliphatic carbocycles. The Morgan fingerprint density at radius 3 is 2.53 bits per heavy atom. The fourth-order valence-corrected chi connectivity index (χ4v) is 4.86. The van der Waals surface area contributed by atoms with E-state index in [1.165, 1.54) is 0 Å². The van der Waals surface area contributed by atoms with Crippen molar-refractivity contribution >= 4 is 14.3 Å². The Labute approximate surface area is 207 Å². The van der Waals surface area contributed by atoms with Gasteiger partial charge in [-0.2, -0.15) is 0 Å². The third-order valence-corrected chi connectivity index (χ3v) is 11.6. The number of esters is 1. The van der Waals surface area contributed by atoms with Crippen LogP contribution >= 0.6 is 0 Å². The highest BCUT2D eigenvalue weighted by molar-refractivity contribution is 6.74. The standard InChI is InChI=1S/C27H44O6Si/c1-20-12-9-10-13-21-14-11-15-23(30-6)25(21)26(28)33-22(18-24(20)31-19-29-5)16-17-32-34(7,8)27(2,3)4/h9-11,14-15,20,22,24H,12-13,16-19H2,1-8H3/b10-9+/t20-,22-,24+/m0/s1. The predicted octanol–water partition coefficient (Wildman–Crippen LogP) is 6.15. The first-order chi connectivity index (χ1) is 16.0. The molecule has 0 saturated heterocycles. The Morgan fingerprint density at radius 1 is 1.15 bits per heavy atom. The number of hydrogen-bond acceptors (Lipinski definition) is 6. The van der Waals surface area contributed by atoms with Crippen molar-refractivity contribution in [3.63, 3.8) is 0 Å². The normalized spacial score (nSPS) is 23.3. The van der Waals surface area contributed by atoms with E-state index < -0.39 is 8.32 Å². The molecule has 1 aliphatic rings. The minimum Gasteiger partial charge on any atom is -0.496 e. The van der Waals surface area contributed by atoms with Gasteiger partial charge in [-0.1, -0.05) is 52.0 Å². The van der Waals surface area contributed by atoms with Crippen LogP contribution in [0.3, 0.4) is 0 Å². The van der Waals surface area contributed by atoms with Gasteiger partial charge in [0.15, 0.2) is 8.32 Å². The van der Waals surface area contributed by atoms with Gasteiger partial charge in [-0.3, -0.25) is 0 Å². The van der Waals surface area contributed by atoms with Gasteiger partial charge in [-0.15, -0.1) is 0 Å². The number of fused-ring (bicyclic) bond motifs is 1. The molecule has 6 nitrogen and oxygen atoms in total. The number of rotatable bonds is 8. The Bertz CT molecular complexity index is 814. The molecule has 0 spiro atoms. The number of carbonyl (C=O) groups is 1. The van der Waals surface area contributed by atoms with Gasteiger partial charge >= 0.3 is 5.97 Å². The molecule has 3 atom stereocenters. The number of allylic oxidation sites excluding steroid dienone is 2. The molecule has 192 valence electrons. The van der Waals surface area contributed by atoms with Gasteiger partial charge < -0.3 is 23.4 Å². The van der Waals surface area contributed by atoms with Crippen LogP contribution in [0.5, 0.6) is 5.75 Å². The van der Waals surface area contributed by atoms with Crippen molar-refractivity contribution in [2.24, 2.45) is 5.92 Å². The molecule has 0 radical (unpaired) electrons. The Balaban J connectivity index is 2.32. The zero-order chi connectivity index (χ0) is 25.4. The van der Waals surface area contributed by atoms with Crippen LogP contribution in [0.25, 0.3) is 0 Å². The van der Waals surface area contributed by atoms with Crippen LogP contribution in [0, 0.1) is 5.92 Å². The Morgan fingerprint density at radius 2 is 1.88 bits per heavy atom. The van der Waals surface area contributed by atoms with Crippen molar-refractivity contribution in [1.29, 1.82) is 0 Å². The molecule has 0 fully saturated rings. The quantitative estimate of drug-likeness (QED) is 0.188. The van der Waals surface area contributed by atoms with Crippen molar-refractivity contribution < 1.29 is 28.2 Å². The van der Waals surface area contributed by atoms with E-state index in [1.54, 1.807) is 20.3 Å². The summed E-state index contributed by atoms with van der Waals surface area (Å²) in [6.45, 7) is 14.1. The molecule has 1 heterocycles. The lowest BCUT2D eigenvalue weighted by Crippen LogP contribution is -2.41. The summed E-state index contributed by atoms with van der Waals surface area (Å²) in [6.07, 6.45) is 6.51. The van der Waals surface area contributed by atoms with Crippen LogP contribution in [0.2, 0.25) is 18.1 Å². The topological polar surface area (TPSA) is 63.2 Å². The maximum atomic E-state index is 13.4. The molecule has 0 aromatic heterocycles. The summed E-state index contributed by atoms with van der Waals surface area (Å²) in [5.74, 6) is 0.416. The minimum atomic E-state index is -1.91. The third-order valence-electron chi connectivity index (χ3n) is 7.06. The molecule has 0 bridgehead atoms. The Hall–Kier alpha value is -1.67. The van der Waals surface area contributed by atoms with Crippen molar-refractivity contribution in [1.82, 2.24) is 0 Å². The van der Waals surface area contributed by atoms with Crippen molar-refractivity contribution in [2.75, 3.05) is 27.6 Å². The summed E-state index contributed by atoms with van der Waals surface area (Å²) in [6, 6.07) is 5.67. The molecule has 0 amide bonds. The van der Waals surface area contributed by atoms with E-state index >= 15 is 0 Å². The number of benzene rings is 1. The molecule has 0 N–H and O–H groups in total. The van der Waals surface area contributed by atoms with Crippen molar-refractivity contribution in [2.45, 2.75) is 83.7 Å². The molecule has 0 unspecified atom stereocenters. The van der Waals surface area contributed by atoms with Crippen LogP contribution < -0.4 is 4.74 Å². The maximum absolute atomic E-state index is 13.4. The van der Waals surface area contributed by atoms with E-state index in [2.05, 4.69) is 52.9 Å². The van der Waals surface area contributed by atoms with E-state index in [1.807, 2.05) is 12.1 Å². The first-order valence-corrected chi connectivity index (χ1v) is 15.2. The van der Waals surface area contributed by atoms with Gasteiger partial charge in [-0.05, 0) is 48.5 Å². The van der Waals surface area contributed by atoms with Gasteiger partial charge in [0.1, 0.15) is 24.2 Å². The van der Waals surface area contributed by atoms with E-state index in [0.29, 0.717) is 37.2 Å². The van der Waals surface area contributed by atoms with E-state index in [-0.39, 0.29) is 35.9 Å². The lowest BCUT2D eigenvalue weighted by atomic mass is 9.93. The molecule has 1 aromatic carbocycles. The summed E-state index contributed by atoms with van der Waals surface area (Å²) >= 11 is 0. The van der Waals surface area contributed by atoms with Crippen molar-refractivity contribution in [3.8, 4) is 5.75 Å². The minimum absolute atomic E-state index is 0.105. The number of ether oxygens (including phenoxy) is 4. The maximum Gasteiger partial charge on any atom is 0.342 e. The highest BCUT2D eigenvalue weighted by atomic mass is 28.4. The zero-order valence-electron chi connectivity index (χ0n) is 22.3. The van der Waals surface area contributed by atoms with Crippen LogP contribution in [-0.4, -0.2) is 54.1 Å². The summed E-state index contributed by atoms with van der Waals surface area (Å²) < 4.78 is 29.2. The highest BCUT2D eigenvalue weighted by Crippen LogP contribution is 2.37. The summed E-state index contributed by atoms with van der Waals surface area (Å²) in [7, 11) is 1.29. The molecule has 7 heteroatoms. The number of hydrogen-bond donors (Lipinski definition) is 0. The van der Waals surface area contributed by atoms with E-state index in [4.69, 9.17) is 23.4 Å². The molecule has 1 aliphatic heterocycles. The highest BCUT2D eigenvalue weighted by Gasteiger charge is 2.37. The fraction of sp³-hybridized carbons (Fsp3) is 0.667. The van der Waals surface area contributed by atoms with Crippen LogP contribution in [-0.2, 0) is 25.1 Å². The lowest BCUT2D eigenvalue weighted by Gasteiger charge is -2.36. The van der Waals surface area contributed by atoms with Gasteiger partial charge in [0.2, 0.25) is 0 Å².